The van der Waals surface area contributed by atoms with E-state index in [2.05, 4.69) is 0 Å². The number of amides is 1. The van der Waals surface area contributed by atoms with Crippen LogP contribution in [0.15, 0.2) is 30.3 Å². The van der Waals surface area contributed by atoms with Crippen molar-refractivity contribution < 1.29 is 9.53 Å². The van der Waals surface area contributed by atoms with Crippen LogP contribution < -0.4 is 5.73 Å². The van der Waals surface area contributed by atoms with Gasteiger partial charge < -0.3 is 15.4 Å². The molecule has 0 aromatic heterocycles. The van der Waals surface area contributed by atoms with Crippen molar-refractivity contribution in [2.24, 2.45) is 5.73 Å². The summed E-state index contributed by atoms with van der Waals surface area (Å²) in [7, 11) is 0. The number of carbonyl (C=O) groups is 1. The minimum absolute atomic E-state index is 0.292. The normalized spacial score (nSPS) is 18.1. The number of rotatable bonds is 1. The molecule has 0 bridgehead atoms. The van der Waals surface area contributed by atoms with E-state index in [-0.39, 0.29) is 6.09 Å². The minimum Gasteiger partial charge on any atom is -0.444 e. The Kier molecular flexibility index (Phi) is 3.07. The van der Waals surface area contributed by atoms with Crippen LogP contribution in [0.4, 0.5) is 4.79 Å². The van der Waals surface area contributed by atoms with Crippen molar-refractivity contribution >= 4 is 6.09 Å². The summed E-state index contributed by atoms with van der Waals surface area (Å²) in [6, 6.07) is 9.86. The highest BCUT2D eigenvalue weighted by molar-refractivity contribution is 5.70. The average molecular weight is 248 g/mol. The molecule has 0 saturated carbocycles. The number of carbonyl (C=O) groups excluding carboxylic acids is 1. The fourth-order valence-corrected chi connectivity index (χ4v) is 2.04. The van der Waals surface area contributed by atoms with E-state index >= 15 is 0 Å². The molecule has 1 aromatic rings. The van der Waals surface area contributed by atoms with Crippen LogP contribution in [-0.2, 0) is 10.3 Å². The Morgan fingerprint density at radius 1 is 1.28 bits per heavy atom. The number of likely N-dealkylation sites (tertiary alicyclic amines) is 1. The molecule has 1 amide bonds. The topological polar surface area (TPSA) is 55.6 Å². The van der Waals surface area contributed by atoms with Crippen LogP contribution >= 0.6 is 0 Å². The Balaban J connectivity index is 1.96. The molecule has 0 radical (unpaired) electrons. The third-order valence-corrected chi connectivity index (χ3v) is 2.95. The first kappa shape index (κ1) is 12.9. The number of hydrogen-bond acceptors (Lipinski definition) is 3. The lowest BCUT2D eigenvalue weighted by Crippen LogP contribution is -2.66. The molecule has 2 N–H and O–H groups in total. The zero-order chi connectivity index (χ0) is 13.4. The Bertz CT molecular complexity index is 431. The van der Waals surface area contributed by atoms with E-state index in [0.717, 1.165) is 5.56 Å². The van der Waals surface area contributed by atoms with Crippen molar-refractivity contribution in [3.8, 4) is 0 Å². The summed E-state index contributed by atoms with van der Waals surface area (Å²) in [6.07, 6.45) is -0.292. The molecule has 4 heteroatoms. The van der Waals surface area contributed by atoms with Gasteiger partial charge in [0.05, 0.1) is 5.54 Å². The van der Waals surface area contributed by atoms with Gasteiger partial charge in [0.1, 0.15) is 5.60 Å². The predicted octanol–water partition coefficient (Wildman–Crippen LogP) is 2.09. The summed E-state index contributed by atoms with van der Waals surface area (Å²) in [5, 5.41) is 0. The molecular weight excluding hydrogens is 228 g/mol. The van der Waals surface area contributed by atoms with Crippen LogP contribution in [0, 0.1) is 0 Å². The molecule has 1 saturated heterocycles. The molecule has 0 unspecified atom stereocenters. The van der Waals surface area contributed by atoms with Gasteiger partial charge in [0.25, 0.3) is 0 Å². The lowest BCUT2D eigenvalue weighted by Gasteiger charge is -2.47. The maximum atomic E-state index is 11.8. The molecule has 0 aliphatic carbocycles. The van der Waals surface area contributed by atoms with Gasteiger partial charge in [0.2, 0.25) is 0 Å². The Hall–Kier alpha value is -1.55. The van der Waals surface area contributed by atoms with E-state index in [1.54, 1.807) is 4.90 Å². The fourth-order valence-electron chi connectivity index (χ4n) is 2.04. The highest BCUT2D eigenvalue weighted by Crippen LogP contribution is 2.30. The lowest BCUT2D eigenvalue weighted by atomic mass is 9.84. The Labute approximate surface area is 108 Å². The second-order valence-electron chi connectivity index (χ2n) is 5.86. The first-order valence-corrected chi connectivity index (χ1v) is 6.12. The monoisotopic (exact) mass is 248 g/mol. The van der Waals surface area contributed by atoms with Gasteiger partial charge in [-0.25, -0.2) is 4.79 Å². The fraction of sp³-hybridized carbons (Fsp3) is 0.500. The summed E-state index contributed by atoms with van der Waals surface area (Å²) < 4.78 is 5.30. The first-order chi connectivity index (χ1) is 8.30. The van der Waals surface area contributed by atoms with Gasteiger partial charge in [-0.3, -0.25) is 0 Å². The molecule has 4 nitrogen and oxygen atoms in total. The molecule has 1 aliphatic heterocycles. The van der Waals surface area contributed by atoms with E-state index in [4.69, 9.17) is 10.5 Å². The highest BCUT2D eigenvalue weighted by Gasteiger charge is 2.44. The Morgan fingerprint density at radius 2 is 1.83 bits per heavy atom. The van der Waals surface area contributed by atoms with E-state index in [0.29, 0.717) is 13.1 Å². The first-order valence-electron chi connectivity index (χ1n) is 6.12. The number of ether oxygens (including phenoxy) is 1. The molecule has 0 spiro atoms. The molecule has 1 aliphatic rings. The molecular formula is C14H20N2O2. The van der Waals surface area contributed by atoms with Crippen molar-refractivity contribution in [3.05, 3.63) is 35.9 Å². The SMILES string of the molecule is CC(C)(C)OC(=O)N1CC(N)(c2ccccc2)C1. The summed E-state index contributed by atoms with van der Waals surface area (Å²) in [5.41, 5.74) is 6.43. The second-order valence-corrected chi connectivity index (χ2v) is 5.86. The standard InChI is InChI=1S/C14H20N2O2/c1-13(2,3)18-12(17)16-9-14(15,10-16)11-7-5-4-6-8-11/h4-8H,9-10,15H2,1-3H3. The molecule has 1 aromatic carbocycles. The summed E-state index contributed by atoms with van der Waals surface area (Å²) in [5.74, 6) is 0. The van der Waals surface area contributed by atoms with E-state index in [9.17, 15) is 4.79 Å². The van der Waals surface area contributed by atoms with E-state index < -0.39 is 11.1 Å². The average Bonchev–Trinajstić information content (AvgIpc) is 2.23. The van der Waals surface area contributed by atoms with Gasteiger partial charge in [-0.05, 0) is 26.3 Å². The molecule has 0 atom stereocenters. The van der Waals surface area contributed by atoms with Gasteiger partial charge in [0, 0.05) is 13.1 Å². The largest absolute Gasteiger partial charge is 0.444 e. The maximum Gasteiger partial charge on any atom is 0.410 e. The number of nitrogens with zero attached hydrogens (tertiary/aromatic N) is 1. The predicted molar refractivity (Wildman–Crippen MR) is 70.1 cm³/mol. The Morgan fingerprint density at radius 3 is 2.33 bits per heavy atom. The quantitative estimate of drug-likeness (QED) is 0.828. The summed E-state index contributed by atoms with van der Waals surface area (Å²) in [4.78, 5) is 13.4. The second kappa shape index (κ2) is 4.28. The maximum absolute atomic E-state index is 11.8. The minimum atomic E-state index is -0.462. The molecule has 18 heavy (non-hydrogen) atoms. The van der Waals surface area contributed by atoms with Crippen LogP contribution in [-0.4, -0.2) is 29.7 Å². The van der Waals surface area contributed by atoms with Gasteiger partial charge in [0.15, 0.2) is 0 Å². The van der Waals surface area contributed by atoms with Crippen molar-refractivity contribution in [1.29, 1.82) is 0 Å². The van der Waals surface area contributed by atoms with Crippen molar-refractivity contribution in [1.82, 2.24) is 4.90 Å². The number of hydrogen-bond donors (Lipinski definition) is 1. The van der Waals surface area contributed by atoms with Crippen molar-refractivity contribution in [2.45, 2.75) is 31.9 Å². The number of nitrogens with two attached hydrogens (primary N) is 1. The van der Waals surface area contributed by atoms with Crippen molar-refractivity contribution in [3.63, 3.8) is 0 Å². The van der Waals surface area contributed by atoms with Gasteiger partial charge in [-0.1, -0.05) is 30.3 Å². The third kappa shape index (κ3) is 2.64. The van der Waals surface area contributed by atoms with E-state index in [1.807, 2.05) is 51.1 Å². The smallest absolute Gasteiger partial charge is 0.410 e. The van der Waals surface area contributed by atoms with Crippen LogP contribution in [0.2, 0.25) is 0 Å². The van der Waals surface area contributed by atoms with Gasteiger partial charge >= 0.3 is 6.09 Å². The number of benzene rings is 1. The lowest BCUT2D eigenvalue weighted by molar-refractivity contribution is -0.00888. The third-order valence-electron chi connectivity index (χ3n) is 2.95. The highest BCUT2D eigenvalue weighted by atomic mass is 16.6. The van der Waals surface area contributed by atoms with Gasteiger partial charge in [-0.2, -0.15) is 0 Å². The summed E-state index contributed by atoms with van der Waals surface area (Å²) >= 11 is 0. The summed E-state index contributed by atoms with van der Waals surface area (Å²) in [6.45, 7) is 6.59. The van der Waals surface area contributed by atoms with E-state index in [1.165, 1.54) is 0 Å². The van der Waals surface area contributed by atoms with Gasteiger partial charge in [-0.15, -0.1) is 0 Å². The molecule has 1 heterocycles. The van der Waals surface area contributed by atoms with Crippen LogP contribution in [0.1, 0.15) is 26.3 Å². The molecule has 1 fully saturated rings. The molecule has 98 valence electrons. The van der Waals surface area contributed by atoms with Crippen LogP contribution in [0.3, 0.4) is 0 Å². The van der Waals surface area contributed by atoms with Crippen LogP contribution in [0.25, 0.3) is 0 Å². The zero-order valence-electron chi connectivity index (χ0n) is 11.1. The zero-order valence-corrected chi connectivity index (χ0v) is 11.1. The molecule has 2 rings (SSSR count). The van der Waals surface area contributed by atoms with Crippen molar-refractivity contribution in [2.75, 3.05) is 13.1 Å². The van der Waals surface area contributed by atoms with Crippen LogP contribution in [0.5, 0.6) is 0 Å².